The van der Waals surface area contributed by atoms with Gasteiger partial charge in [0, 0.05) is 22.9 Å². The second-order valence-corrected chi connectivity index (χ2v) is 3.58. The van der Waals surface area contributed by atoms with E-state index >= 15 is 0 Å². The number of benzene rings is 1. The molecule has 1 nitrogen and oxygen atoms in total. The molecule has 0 spiro atoms. The summed E-state index contributed by atoms with van der Waals surface area (Å²) in [6, 6.07) is 4.45. The molecule has 1 aromatic rings. The molecule has 0 N–H and O–H groups in total. The van der Waals surface area contributed by atoms with Crippen molar-refractivity contribution in [1.82, 2.24) is 0 Å². The first-order valence-electron chi connectivity index (χ1n) is 4.54. The van der Waals surface area contributed by atoms with Gasteiger partial charge >= 0.3 is 0 Å². The molecule has 1 unspecified atom stereocenters. The summed E-state index contributed by atoms with van der Waals surface area (Å²) in [7, 11) is 0. The van der Waals surface area contributed by atoms with Crippen LogP contribution in [0.4, 0.5) is 4.39 Å². The number of carbonyl (C=O) groups excluding carboxylic acids is 1. The maximum absolute atomic E-state index is 13.4. The predicted octanol–water partition coefficient (Wildman–Crippen LogP) is 3.56. The molecule has 0 bridgehead atoms. The fraction of sp³-hybridized carbons (Fsp3) is 0.364. The second-order valence-electron chi connectivity index (χ2n) is 3.18. The lowest BCUT2D eigenvalue weighted by atomic mass is 9.95. The second kappa shape index (κ2) is 4.56. The van der Waals surface area contributed by atoms with Gasteiger partial charge in [-0.05, 0) is 12.1 Å². The van der Waals surface area contributed by atoms with Crippen LogP contribution in [0.25, 0.3) is 0 Å². The van der Waals surface area contributed by atoms with Crippen molar-refractivity contribution in [2.75, 3.05) is 0 Å². The molecule has 0 radical (unpaired) electrons. The lowest BCUT2D eigenvalue weighted by molar-refractivity contribution is -0.119. The zero-order valence-electron chi connectivity index (χ0n) is 8.18. The Kier molecular flexibility index (Phi) is 3.64. The van der Waals surface area contributed by atoms with Gasteiger partial charge in [-0.2, -0.15) is 0 Å². The van der Waals surface area contributed by atoms with Crippen molar-refractivity contribution in [3.63, 3.8) is 0 Å². The molecule has 1 aromatic carbocycles. The number of Topliss-reactive ketones (excluding diaryl/α,β-unsaturated/α-hetero) is 1. The van der Waals surface area contributed by atoms with E-state index in [1.165, 1.54) is 12.1 Å². The topological polar surface area (TPSA) is 17.1 Å². The smallest absolute Gasteiger partial charge is 0.139 e. The Morgan fingerprint density at radius 3 is 2.71 bits per heavy atom. The van der Waals surface area contributed by atoms with Gasteiger partial charge in [0.2, 0.25) is 0 Å². The van der Waals surface area contributed by atoms with Gasteiger partial charge in [-0.15, -0.1) is 0 Å². The minimum Gasteiger partial charge on any atom is -0.299 e. The van der Waals surface area contributed by atoms with Gasteiger partial charge in [0.25, 0.3) is 0 Å². The molecule has 76 valence electrons. The Balaban J connectivity index is 3.11. The summed E-state index contributed by atoms with van der Waals surface area (Å²) in [6.45, 7) is 3.43. The Morgan fingerprint density at radius 1 is 1.57 bits per heavy atom. The zero-order chi connectivity index (χ0) is 10.7. The molecule has 0 saturated carbocycles. The number of rotatable bonds is 3. The zero-order valence-corrected chi connectivity index (χ0v) is 8.94. The predicted molar refractivity (Wildman–Crippen MR) is 55.1 cm³/mol. The molecule has 0 fully saturated rings. The van der Waals surface area contributed by atoms with Crippen molar-refractivity contribution in [1.29, 1.82) is 0 Å². The quantitative estimate of drug-likeness (QED) is 0.752. The molecular formula is C11H12ClFO. The van der Waals surface area contributed by atoms with Crippen LogP contribution in [0.1, 0.15) is 31.7 Å². The van der Waals surface area contributed by atoms with E-state index in [4.69, 9.17) is 11.6 Å². The van der Waals surface area contributed by atoms with Gasteiger partial charge in [-0.1, -0.05) is 31.5 Å². The summed E-state index contributed by atoms with van der Waals surface area (Å²) in [4.78, 5) is 11.4. The van der Waals surface area contributed by atoms with Gasteiger partial charge in [-0.25, -0.2) is 4.39 Å². The maximum atomic E-state index is 13.4. The molecule has 0 aliphatic rings. The van der Waals surface area contributed by atoms with E-state index in [-0.39, 0.29) is 5.78 Å². The van der Waals surface area contributed by atoms with Crippen molar-refractivity contribution in [3.05, 3.63) is 34.6 Å². The van der Waals surface area contributed by atoms with Crippen LogP contribution in [-0.4, -0.2) is 5.78 Å². The van der Waals surface area contributed by atoms with E-state index in [9.17, 15) is 9.18 Å². The molecule has 0 aliphatic heterocycles. The highest BCUT2D eigenvalue weighted by molar-refractivity contribution is 6.31. The highest BCUT2D eigenvalue weighted by atomic mass is 35.5. The average molecular weight is 215 g/mol. The average Bonchev–Trinajstić information content (AvgIpc) is 2.16. The third-order valence-corrected chi connectivity index (χ3v) is 2.59. The summed E-state index contributed by atoms with van der Waals surface area (Å²) >= 11 is 5.83. The lowest BCUT2D eigenvalue weighted by Gasteiger charge is -2.12. The van der Waals surface area contributed by atoms with Gasteiger partial charge in [0.15, 0.2) is 0 Å². The number of hydrogen-bond donors (Lipinski definition) is 0. The van der Waals surface area contributed by atoms with Crippen LogP contribution in [-0.2, 0) is 4.79 Å². The van der Waals surface area contributed by atoms with Crippen LogP contribution in [0.5, 0.6) is 0 Å². The lowest BCUT2D eigenvalue weighted by Crippen LogP contribution is -2.09. The Bertz CT molecular complexity index is 329. The third kappa shape index (κ3) is 2.13. The molecule has 3 heteroatoms. The molecule has 0 amide bonds. The van der Waals surface area contributed by atoms with Crippen LogP contribution >= 0.6 is 11.6 Å². The number of carbonyl (C=O) groups is 1. The molecule has 1 rings (SSSR count). The van der Waals surface area contributed by atoms with Crippen molar-refractivity contribution < 1.29 is 9.18 Å². The van der Waals surface area contributed by atoms with Gasteiger partial charge < -0.3 is 0 Å². The molecule has 0 saturated heterocycles. The number of ketones is 1. The van der Waals surface area contributed by atoms with E-state index in [1.54, 1.807) is 19.9 Å². The first-order chi connectivity index (χ1) is 6.57. The third-order valence-electron chi connectivity index (χ3n) is 2.26. The fourth-order valence-electron chi connectivity index (χ4n) is 1.39. The van der Waals surface area contributed by atoms with Gasteiger partial charge in [0.1, 0.15) is 11.6 Å². The van der Waals surface area contributed by atoms with E-state index in [2.05, 4.69) is 0 Å². The summed E-state index contributed by atoms with van der Waals surface area (Å²) in [6.07, 6.45) is 0.395. The van der Waals surface area contributed by atoms with Crippen LogP contribution in [0, 0.1) is 5.82 Å². The van der Waals surface area contributed by atoms with Crippen LogP contribution in [0.2, 0.25) is 5.02 Å². The summed E-state index contributed by atoms with van der Waals surface area (Å²) < 4.78 is 13.4. The molecule has 0 heterocycles. The van der Waals surface area contributed by atoms with Crippen molar-refractivity contribution in [2.45, 2.75) is 26.2 Å². The fourth-order valence-corrected chi connectivity index (χ4v) is 1.72. The van der Waals surface area contributed by atoms with Crippen molar-refractivity contribution in [3.8, 4) is 0 Å². The van der Waals surface area contributed by atoms with Crippen molar-refractivity contribution in [2.24, 2.45) is 0 Å². The summed E-state index contributed by atoms with van der Waals surface area (Å²) in [5.74, 6) is -0.877. The normalized spacial score (nSPS) is 12.6. The number of hydrogen-bond acceptors (Lipinski definition) is 1. The standard InChI is InChI=1S/C11H12ClFO/c1-3-10(14)7(2)11-8(12)5-4-6-9(11)13/h4-7H,3H2,1-2H3. The Labute approximate surface area is 87.9 Å². The SMILES string of the molecule is CCC(=O)C(C)c1c(F)cccc1Cl. The monoisotopic (exact) mass is 214 g/mol. The van der Waals surface area contributed by atoms with E-state index < -0.39 is 11.7 Å². The first-order valence-corrected chi connectivity index (χ1v) is 4.92. The highest BCUT2D eigenvalue weighted by Crippen LogP contribution is 2.28. The summed E-state index contributed by atoms with van der Waals surface area (Å²) in [5, 5.41) is 0.319. The van der Waals surface area contributed by atoms with E-state index in [1.807, 2.05) is 0 Å². The summed E-state index contributed by atoms with van der Waals surface area (Å²) in [5.41, 5.74) is 0.306. The van der Waals surface area contributed by atoms with E-state index in [0.29, 0.717) is 17.0 Å². The molecule has 14 heavy (non-hydrogen) atoms. The molecule has 0 aliphatic carbocycles. The van der Waals surface area contributed by atoms with Crippen LogP contribution in [0.15, 0.2) is 18.2 Å². The number of halogens is 2. The van der Waals surface area contributed by atoms with Crippen LogP contribution in [0.3, 0.4) is 0 Å². The molecular weight excluding hydrogens is 203 g/mol. The minimum absolute atomic E-state index is 0.00278. The first kappa shape index (κ1) is 11.2. The Hall–Kier alpha value is -0.890. The van der Waals surface area contributed by atoms with Crippen molar-refractivity contribution >= 4 is 17.4 Å². The largest absolute Gasteiger partial charge is 0.299 e. The minimum atomic E-state index is -0.464. The Morgan fingerprint density at radius 2 is 2.21 bits per heavy atom. The highest BCUT2D eigenvalue weighted by Gasteiger charge is 2.19. The van der Waals surface area contributed by atoms with E-state index in [0.717, 1.165) is 0 Å². The van der Waals surface area contributed by atoms with Crippen LogP contribution < -0.4 is 0 Å². The molecule has 1 atom stereocenters. The van der Waals surface area contributed by atoms with Gasteiger partial charge in [-0.3, -0.25) is 4.79 Å². The van der Waals surface area contributed by atoms with Gasteiger partial charge in [0.05, 0.1) is 0 Å². The maximum Gasteiger partial charge on any atom is 0.139 e. The molecule has 0 aromatic heterocycles.